The highest BCUT2D eigenvalue weighted by atomic mass is 32.2. The van der Waals surface area contributed by atoms with Gasteiger partial charge in [0.2, 0.25) is 15.9 Å². The van der Waals surface area contributed by atoms with Gasteiger partial charge in [-0.2, -0.15) is 0 Å². The topological polar surface area (TPSA) is 66.5 Å². The van der Waals surface area contributed by atoms with Crippen molar-refractivity contribution < 1.29 is 13.2 Å². The van der Waals surface area contributed by atoms with Crippen molar-refractivity contribution in [2.45, 2.75) is 51.5 Å². The predicted molar refractivity (Wildman–Crippen MR) is 107 cm³/mol. The Morgan fingerprint density at radius 2 is 1.74 bits per heavy atom. The van der Waals surface area contributed by atoms with Gasteiger partial charge in [-0.3, -0.25) is 4.79 Å². The van der Waals surface area contributed by atoms with Gasteiger partial charge in [-0.1, -0.05) is 18.2 Å². The Labute approximate surface area is 161 Å². The van der Waals surface area contributed by atoms with Crippen molar-refractivity contribution in [1.29, 1.82) is 0 Å². The molecule has 6 heteroatoms. The molecule has 1 saturated heterocycles. The smallest absolute Gasteiger partial charge is 0.241 e. The van der Waals surface area contributed by atoms with Gasteiger partial charge in [0.05, 0.1) is 4.90 Å². The summed E-state index contributed by atoms with van der Waals surface area (Å²) in [7, 11) is -3.66. The lowest BCUT2D eigenvalue weighted by Gasteiger charge is -2.20. The van der Waals surface area contributed by atoms with Crippen molar-refractivity contribution in [2.24, 2.45) is 0 Å². The zero-order valence-corrected chi connectivity index (χ0v) is 17.1. The van der Waals surface area contributed by atoms with E-state index in [4.69, 9.17) is 0 Å². The molecule has 0 saturated carbocycles. The summed E-state index contributed by atoms with van der Waals surface area (Å²) in [6.45, 7) is 8.41. The number of hydrogen-bond donors (Lipinski definition) is 1. The number of hydrogen-bond acceptors (Lipinski definition) is 3. The van der Waals surface area contributed by atoms with Crippen molar-refractivity contribution in [3.8, 4) is 0 Å². The number of benzene rings is 2. The van der Waals surface area contributed by atoms with Gasteiger partial charge in [0.25, 0.3) is 0 Å². The van der Waals surface area contributed by atoms with Crippen molar-refractivity contribution in [3.63, 3.8) is 0 Å². The van der Waals surface area contributed by atoms with Crippen LogP contribution in [0.3, 0.4) is 0 Å². The summed E-state index contributed by atoms with van der Waals surface area (Å²) in [6, 6.07) is 10.6. The van der Waals surface area contributed by atoms with Crippen molar-refractivity contribution in [2.75, 3.05) is 11.4 Å². The minimum atomic E-state index is -3.66. The standard InChI is InChI=1S/C21H26N2O3S/c1-14-7-8-18(12-15(14)2)17(4)22-27(25,26)19-9-10-20(16(3)13-19)23-11-5-6-21(23)24/h7-10,12-13,17,22H,5-6,11H2,1-4H3. The molecule has 1 amide bonds. The molecule has 1 aliphatic rings. The van der Waals surface area contributed by atoms with E-state index >= 15 is 0 Å². The Hall–Kier alpha value is -2.18. The molecule has 2 aromatic rings. The fourth-order valence-corrected chi connectivity index (χ4v) is 4.72. The lowest BCUT2D eigenvalue weighted by molar-refractivity contribution is -0.117. The van der Waals surface area contributed by atoms with Gasteiger partial charge < -0.3 is 4.90 Å². The number of rotatable bonds is 5. The van der Waals surface area contributed by atoms with Crippen LogP contribution in [0.25, 0.3) is 0 Å². The molecule has 144 valence electrons. The summed E-state index contributed by atoms with van der Waals surface area (Å²) in [6.07, 6.45) is 1.39. The minimum absolute atomic E-state index is 0.0928. The molecule has 0 bridgehead atoms. The van der Waals surface area contributed by atoms with E-state index in [1.165, 1.54) is 5.56 Å². The molecule has 1 fully saturated rings. The molecule has 0 aromatic heterocycles. The summed E-state index contributed by atoms with van der Waals surface area (Å²) in [5, 5.41) is 0. The van der Waals surface area contributed by atoms with Crippen LogP contribution >= 0.6 is 0 Å². The van der Waals surface area contributed by atoms with Gasteiger partial charge in [-0.05, 0) is 74.6 Å². The molecular formula is C21H26N2O3S. The first-order valence-corrected chi connectivity index (χ1v) is 10.7. The van der Waals surface area contributed by atoms with E-state index in [9.17, 15) is 13.2 Å². The monoisotopic (exact) mass is 386 g/mol. The van der Waals surface area contributed by atoms with Crippen LogP contribution in [-0.4, -0.2) is 20.9 Å². The van der Waals surface area contributed by atoms with E-state index in [2.05, 4.69) is 4.72 Å². The summed E-state index contributed by atoms with van der Waals surface area (Å²) >= 11 is 0. The van der Waals surface area contributed by atoms with Gasteiger partial charge in [0.1, 0.15) is 0 Å². The highest BCUT2D eigenvalue weighted by Crippen LogP contribution is 2.28. The maximum absolute atomic E-state index is 12.8. The molecular weight excluding hydrogens is 360 g/mol. The van der Waals surface area contributed by atoms with Crippen LogP contribution in [-0.2, 0) is 14.8 Å². The fourth-order valence-electron chi connectivity index (χ4n) is 3.40. The molecule has 3 rings (SSSR count). The SMILES string of the molecule is Cc1ccc(C(C)NS(=O)(=O)c2ccc(N3CCCC3=O)c(C)c2)cc1C. The normalized spacial score (nSPS) is 16.0. The quantitative estimate of drug-likeness (QED) is 0.850. The van der Waals surface area contributed by atoms with Crippen LogP contribution < -0.4 is 9.62 Å². The third-order valence-electron chi connectivity index (χ3n) is 5.21. The Bertz CT molecular complexity index is 983. The molecule has 0 aliphatic carbocycles. The summed E-state index contributed by atoms with van der Waals surface area (Å²) in [5.41, 5.74) is 4.81. The second-order valence-corrected chi connectivity index (χ2v) is 9.00. The number of carbonyl (C=O) groups is 1. The Morgan fingerprint density at radius 3 is 2.33 bits per heavy atom. The van der Waals surface area contributed by atoms with Crippen molar-refractivity contribution >= 4 is 21.6 Å². The minimum Gasteiger partial charge on any atom is -0.312 e. The lowest BCUT2D eigenvalue weighted by Crippen LogP contribution is -2.28. The number of sulfonamides is 1. The molecule has 1 N–H and O–H groups in total. The first-order chi connectivity index (χ1) is 12.7. The molecule has 1 unspecified atom stereocenters. The Kier molecular flexibility index (Phi) is 5.40. The van der Waals surface area contributed by atoms with Crippen molar-refractivity contribution in [1.82, 2.24) is 4.72 Å². The first kappa shape index (κ1) is 19.6. The number of aryl methyl sites for hydroxylation is 3. The Balaban J connectivity index is 1.83. The highest BCUT2D eigenvalue weighted by Gasteiger charge is 2.25. The molecule has 1 heterocycles. The average Bonchev–Trinajstić information content (AvgIpc) is 3.02. The number of nitrogens with zero attached hydrogens (tertiary/aromatic N) is 1. The maximum Gasteiger partial charge on any atom is 0.241 e. The summed E-state index contributed by atoms with van der Waals surface area (Å²) < 4.78 is 28.4. The number of carbonyl (C=O) groups excluding carboxylic acids is 1. The molecule has 5 nitrogen and oxygen atoms in total. The molecule has 0 radical (unpaired) electrons. The first-order valence-electron chi connectivity index (χ1n) is 9.19. The van der Waals surface area contributed by atoms with E-state index in [0.29, 0.717) is 13.0 Å². The number of nitrogens with one attached hydrogen (secondary N) is 1. The third kappa shape index (κ3) is 4.06. The fraction of sp³-hybridized carbons (Fsp3) is 0.381. The zero-order chi connectivity index (χ0) is 19.8. The van der Waals surface area contributed by atoms with E-state index in [0.717, 1.165) is 28.8 Å². The van der Waals surface area contributed by atoms with Crippen LogP contribution in [0.15, 0.2) is 41.3 Å². The number of anilines is 1. The largest absolute Gasteiger partial charge is 0.312 e. The highest BCUT2D eigenvalue weighted by molar-refractivity contribution is 7.89. The molecule has 0 spiro atoms. The van der Waals surface area contributed by atoms with Gasteiger partial charge in [0, 0.05) is 24.7 Å². The van der Waals surface area contributed by atoms with Gasteiger partial charge in [-0.25, -0.2) is 13.1 Å². The molecule has 27 heavy (non-hydrogen) atoms. The third-order valence-corrected chi connectivity index (χ3v) is 6.74. The van der Waals surface area contributed by atoms with E-state index in [1.807, 2.05) is 45.9 Å². The Morgan fingerprint density at radius 1 is 1.00 bits per heavy atom. The van der Waals surface area contributed by atoms with Gasteiger partial charge >= 0.3 is 0 Å². The van der Waals surface area contributed by atoms with Crippen LogP contribution in [0, 0.1) is 20.8 Å². The van der Waals surface area contributed by atoms with Crippen molar-refractivity contribution in [3.05, 3.63) is 58.7 Å². The summed E-state index contributed by atoms with van der Waals surface area (Å²) in [4.78, 5) is 13.9. The van der Waals surface area contributed by atoms with E-state index in [-0.39, 0.29) is 16.8 Å². The zero-order valence-electron chi connectivity index (χ0n) is 16.2. The molecule has 1 aliphatic heterocycles. The lowest BCUT2D eigenvalue weighted by atomic mass is 10.0. The van der Waals surface area contributed by atoms with Crippen LogP contribution in [0.2, 0.25) is 0 Å². The maximum atomic E-state index is 12.8. The molecule has 2 aromatic carbocycles. The van der Waals surface area contributed by atoms with Crippen LogP contribution in [0.5, 0.6) is 0 Å². The van der Waals surface area contributed by atoms with Gasteiger partial charge in [-0.15, -0.1) is 0 Å². The summed E-state index contributed by atoms with van der Waals surface area (Å²) in [5.74, 6) is 0.0928. The number of amides is 1. The predicted octanol–water partition coefficient (Wildman–Crippen LogP) is 3.78. The second-order valence-electron chi connectivity index (χ2n) is 7.28. The van der Waals surface area contributed by atoms with E-state index in [1.54, 1.807) is 23.1 Å². The second kappa shape index (κ2) is 7.44. The van der Waals surface area contributed by atoms with Crippen LogP contribution in [0.4, 0.5) is 5.69 Å². The molecule has 1 atom stereocenters. The average molecular weight is 387 g/mol. The van der Waals surface area contributed by atoms with E-state index < -0.39 is 10.0 Å². The van der Waals surface area contributed by atoms with Crippen LogP contribution in [0.1, 0.15) is 48.1 Å². The van der Waals surface area contributed by atoms with Gasteiger partial charge in [0.15, 0.2) is 0 Å².